The summed E-state index contributed by atoms with van der Waals surface area (Å²) in [4.78, 5) is 12.3. The number of aryl methyl sites for hydroxylation is 1. The van der Waals surface area contributed by atoms with Crippen molar-refractivity contribution < 1.29 is 22.7 Å². The molecule has 0 spiro atoms. The topological polar surface area (TPSA) is 93.7 Å². The second-order valence-electron chi connectivity index (χ2n) is 5.72. The van der Waals surface area contributed by atoms with E-state index in [1.807, 2.05) is 19.1 Å². The monoisotopic (exact) mass is 378 g/mol. The van der Waals surface area contributed by atoms with Gasteiger partial charge in [0, 0.05) is 11.8 Å². The molecule has 0 fully saturated rings. The van der Waals surface area contributed by atoms with Crippen LogP contribution in [0, 0.1) is 6.92 Å². The summed E-state index contributed by atoms with van der Waals surface area (Å²) in [5.74, 6) is 0.239. The summed E-state index contributed by atoms with van der Waals surface area (Å²) in [6.45, 7) is 3.38. The molecule has 2 aromatic rings. The van der Waals surface area contributed by atoms with Gasteiger partial charge in [-0.15, -0.1) is 0 Å². The molecule has 1 atom stereocenters. The largest absolute Gasteiger partial charge is 0.493 e. The normalized spacial score (nSPS) is 12.3. The molecule has 0 aliphatic heterocycles. The molecule has 2 N–H and O–H groups in total. The van der Waals surface area contributed by atoms with Crippen molar-refractivity contribution in [2.75, 3.05) is 19.5 Å². The van der Waals surface area contributed by atoms with E-state index in [4.69, 9.17) is 9.47 Å². The third-order valence-electron chi connectivity index (χ3n) is 3.68. The van der Waals surface area contributed by atoms with Crippen LogP contribution in [0.3, 0.4) is 0 Å². The van der Waals surface area contributed by atoms with E-state index in [1.54, 1.807) is 12.1 Å². The molecule has 8 heteroatoms. The molecule has 7 nitrogen and oxygen atoms in total. The molecule has 0 aliphatic carbocycles. The van der Waals surface area contributed by atoms with E-state index >= 15 is 0 Å². The number of hydrogen-bond donors (Lipinski definition) is 2. The van der Waals surface area contributed by atoms with Gasteiger partial charge in [0.05, 0.1) is 25.2 Å². The lowest BCUT2D eigenvalue weighted by Gasteiger charge is -2.16. The lowest BCUT2D eigenvalue weighted by molar-refractivity contribution is -0.117. The van der Waals surface area contributed by atoms with Crippen molar-refractivity contribution in [3.05, 3.63) is 48.0 Å². The van der Waals surface area contributed by atoms with Gasteiger partial charge in [-0.05, 0) is 43.7 Å². The average molecular weight is 378 g/mol. The van der Waals surface area contributed by atoms with E-state index in [1.165, 1.54) is 39.3 Å². The molecule has 0 radical (unpaired) electrons. The Labute approximate surface area is 153 Å². The highest BCUT2D eigenvalue weighted by molar-refractivity contribution is 7.89. The number of ether oxygens (including phenoxy) is 2. The SMILES string of the molecule is COc1ccc(S(=O)(=O)N[C@@H](C)C(=O)Nc2cccc(C)c2)cc1OC. The molecule has 0 heterocycles. The zero-order valence-corrected chi connectivity index (χ0v) is 15.9. The first-order chi connectivity index (χ1) is 12.3. The minimum Gasteiger partial charge on any atom is -0.493 e. The van der Waals surface area contributed by atoms with Gasteiger partial charge in [0.1, 0.15) is 0 Å². The van der Waals surface area contributed by atoms with Crippen LogP contribution >= 0.6 is 0 Å². The Morgan fingerprint density at radius 1 is 1.04 bits per heavy atom. The fraction of sp³-hybridized carbons (Fsp3) is 0.278. The second-order valence-corrected chi connectivity index (χ2v) is 7.43. The van der Waals surface area contributed by atoms with Crippen molar-refractivity contribution in [1.29, 1.82) is 0 Å². The number of benzene rings is 2. The van der Waals surface area contributed by atoms with Gasteiger partial charge in [-0.1, -0.05) is 12.1 Å². The van der Waals surface area contributed by atoms with E-state index in [0.29, 0.717) is 11.4 Å². The Kier molecular flexibility index (Phi) is 6.23. The van der Waals surface area contributed by atoms with E-state index < -0.39 is 22.0 Å². The highest BCUT2D eigenvalue weighted by Gasteiger charge is 2.23. The lowest BCUT2D eigenvalue weighted by atomic mass is 10.2. The van der Waals surface area contributed by atoms with E-state index in [9.17, 15) is 13.2 Å². The average Bonchev–Trinajstić information content (AvgIpc) is 2.60. The molecule has 0 aliphatic rings. The van der Waals surface area contributed by atoms with Crippen LogP contribution in [-0.2, 0) is 14.8 Å². The minimum atomic E-state index is -3.91. The summed E-state index contributed by atoms with van der Waals surface area (Å²) >= 11 is 0. The first-order valence-corrected chi connectivity index (χ1v) is 9.37. The van der Waals surface area contributed by atoms with Gasteiger partial charge < -0.3 is 14.8 Å². The standard InChI is InChI=1S/C18H22N2O5S/c1-12-6-5-7-14(10-12)19-18(21)13(2)20-26(22,23)15-8-9-16(24-3)17(11-15)25-4/h5-11,13,20H,1-4H3,(H,19,21)/t13-/m0/s1. The molecule has 2 aromatic carbocycles. The summed E-state index contributed by atoms with van der Waals surface area (Å²) in [6, 6.07) is 10.5. The molecule has 2 rings (SSSR count). The Balaban J connectivity index is 2.14. The number of anilines is 1. The molecule has 0 aromatic heterocycles. The summed E-state index contributed by atoms with van der Waals surface area (Å²) < 4.78 is 37.6. The quantitative estimate of drug-likeness (QED) is 0.771. The smallest absolute Gasteiger partial charge is 0.242 e. The first-order valence-electron chi connectivity index (χ1n) is 7.88. The van der Waals surface area contributed by atoms with Crippen LogP contribution in [-0.4, -0.2) is 34.6 Å². The predicted octanol–water partition coefficient (Wildman–Crippen LogP) is 2.32. The summed E-state index contributed by atoms with van der Waals surface area (Å²) in [5, 5.41) is 2.69. The van der Waals surface area contributed by atoms with Gasteiger partial charge in [0.25, 0.3) is 0 Å². The van der Waals surface area contributed by atoms with Crippen molar-refractivity contribution in [3.8, 4) is 11.5 Å². The van der Waals surface area contributed by atoms with Crippen LogP contribution in [0.15, 0.2) is 47.4 Å². The second kappa shape index (κ2) is 8.20. The molecular formula is C18H22N2O5S. The van der Waals surface area contributed by atoms with Gasteiger partial charge >= 0.3 is 0 Å². The predicted molar refractivity (Wildman–Crippen MR) is 99.1 cm³/mol. The molecule has 0 unspecified atom stereocenters. The number of sulfonamides is 1. The van der Waals surface area contributed by atoms with Crippen LogP contribution in [0.5, 0.6) is 11.5 Å². The molecule has 0 bridgehead atoms. The molecule has 0 saturated heterocycles. The lowest BCUT2D eigenvalue weighted by Crippen LogP contribution is -2.41. The molecular weight excluding hydrogens is 356 g/mol. The zero-order valence-electron chi connectivity index (χ0n) is 15.1. The van der Waals surface area contributed by atoms with Gasteiger partial charge in [-0.25, -0.2) is 8.42 Å². The third-order valence-corrected chi connectivity index (χ3v) is 5.21. The highest BCUT2D eigenvalue weighted by atomic mass is 32.2. The van der Waals surface area contributed by atoms with Gasteiger partial charge in [-0.3, -0.25) is 4.79 Å². The fourth-order valence-electron chi connectivity index (χ4n) is 2.31. The Morgan fingerprint density at radius 3 is 2.35 bits per heavy atom. The Bertz CT molecular complexity index is 896. The molecule has 140 valence electrons. The highest BCUT2D eigenvalue weighted by Crippen LogP contribution is 2.29. The summed E-state index contributed by atoms with van der Waals surface area (Å²) in [6.07, 6.45) is 0. The maximum absolute atomic E-state index is 12.5. The summed E-state index contributed by atoms with van der Waals surface area (Å²) in [5.41, 5.74) is 1.59. The minimum absolute atomic E-state index is 0.0228. The number of hydrogen-bond acceptors (Lipinski definition) is 5. The summed E-state index contributed by atoms with van der Waals surface area (Å²) in [7, 11) is -1.03. The van der Waals surface area contributed by atoms with E-state index in [-0.39, 0.29) is 10.6 Å². The zero-order chi connectivity index (χ0) is 19.3. The Morgan fingerprint density at radius 2 is 1.73 bits per heavy atom. The third kappa shape index (κ3) is 4.74. The number of carbonyl (C=O) groups is 1. The van der Waals surface area contributed by atoms with Crippen LogP contribution in [0.25, 0.3) is 0 Å². The van der Waals surface area contributed by atoms with Crippen molar-refractivity contribution in [2.24, 2.45) is 0 Å². The molecule has 0 saturated carbocycles. The molecule has 1 amide bonds. The van der Waals surface area contributed by atoms with Gasteiger partial charge in [-0.2, -0.15) is 4.72 Å². The van der Waals surface area contributed by atoms with Crippen molar-refractivity contribution in [2.45, 2.75) is 24.8 Å². The van der Waals surface area contributed by atoms with Gasteiger partial charge in [0.2, 0.25) is 15.9 Å². The van der Waals surface area contributed by atoms with Crippen molar-refractivity contribution in [1.82, 2.24) is 4.72 Å². The number of amides is 1. The van der Waals surface area contributed by atoms with Gasteiger partial charge in [0.15, 0.2) is 11.5 Å². The first kappa shape index (κ1) is 19.7. The number of nitrogens with one attached hydrogen (secondary N) is 2. The fourth-order valence-corrected chi connectivity index (χ4v) is 3.53. The number of rotatable bonds is 7. The van der Waals surface area contributed by atoms with E-state index in [0.717, 1.165) is 5.56 Å². The maximum Gasteiger partial charge on any atom is 0.242 e. The molecule has 26 heavy (non-hydrogen) atoms. The number of methoxy groups -OCH3 is 2. The Hall–Kier alpha value is -2.58. The van der Waals surface area contributed by atoms with Crippen LogP contribution in [0.4, 0.5) is 5.69 Å². The van der Waals surface area contributed by atoms with Crippen molar-refractivity contribution in [3.63, 3.8) is 0 Å². The van der Waals surface area contributed by atoms with Crippen molar-refractivity contribution >= 4 is 21.6 Å². The van der Waals surface area contributed by atoms with Crippen LogP contribution in [0.2, 0.25) is 0 Å². The van der Waals surface area contributed by atoms with Crippen LogP contribution < -0.4 is 19.5 Å². The van der Waals surface area contributed by atoms with Crippen LogP contribution in [0.1, 0.15) is 12.5 Å². The van der Waals surface area contributed by atoms with E-state index in [2.05, 4.69) is 10.0 Å². The number of carbonyl (C=O) groups excluding carboxylic acids is 1. The maximum atomic E-state index is 12.5.